The number of aryl methyl sites for hydroxylation is 1. The molecule has 0 atom stereocenters. The van der Waals surface area contributed by atoms with Gasteiger partial charge in [0.2, 0.25) is 5.91 Å². The van der Waals surface area contributed by atoms with Crippen molar-refractivity contribution in [3.05, 3.63) is 56.5 Å². The van der Waals surface area contributed by atoms with Crippen molar-refractivity contribution in [1.82, 2.24) is 19.8 Å². The number of amides is 1. The number of ether oxygens (including phenoxy) is 1. The first kappa shape index (κ1) is 24.8. The van der Waals surface area contributed by atoms with Gasteiger partial charge in [-0.1, -0.05) is 42.4 Å². The molecule has 7 nitrogen and oxygen atoms in total. The van der Waals surface area contributed by atoms with Crippen LogP contribution in [-0.4, -0.2) is 65.5 Å². The molecule has 0 radical (unpaired) electrons. The van der Waals surface area contributed by atoms with Crippen LogP contribution in [0.5, 0.6) is 0 Å². The minimum Gasteiger partial charge on any atom is -0.379 e. The molecule has 1 fully saturated rings. The Balaban J connectivity index is 1.55. The van der Waals surface area contributed by atoms with E-state index in [0.29, 0.717) is 35.1 Å². The first-order valence-corrected chi connectivity index (χ1v) is 12.4. The monoisotopic (exact) mass is 478 g/mol. The fourth-order valence-corrected chi connectivity index (χ4v) is 4.68. The van der Waals surface area contributed by atoms with Crippen molar-refractivity contribution in [3.8, 4) is 0 Å². The average molecular weight is 479 g/mol. The maximum atomic E-state index is 13.0. The molecule has 3 rings (SSSR count). The number of morpholine rings is 1. The van der Waals surface area contributed by atoms with Crippen LogP contribution in [0.25, 0.3) is 0 Å². The standard InChI is InChI=1S/C23H31ClN4O3S/c1-3-20-19(15-17-6-4-7-18(24)14-17)22(30)27(2)23(26-20)32-16-21(29)25-8-5-9-28-10-12-31-13-11-28/h4,6-7,14H,3,5,8-13,15-16H2,1-2H3,(H,25,29). The molecule has 2 heterocycles. The zero-order valence-corrected chi connectivity index (χ0v) is 20.3. The molecule has 1 amide bonds. The second-order valence-corrected chi connectivity index (χ2v) is 9.17. The molecule has 174 valence electrons. The molecule has 1 aliphatic heterocycles. The summed E-state index contributed by atoms with van der Waals surface area (Å²) >= 11 is 7.38. The highest BCUT2D eigenvalue weighted by atomic mass is 35.5. The van der Waals surface area contributed by atoms with Crippen LogP contribution in [0.15, 0.2) is 34.2 Å². The lowest BCUT2D eigenvalue weighted by Gasteiger charge is -2.26. The van der Waals surface area contributed by atoms with Crippen molar-refractivity contribution in [2.45, 2.75) is 31.3 Å². The molecule has 0 spiro atoms. The van der Waals surface area contributed by atoms with E-state index in [1.54, 1.807) is 7.05 Å². The smallest absolute Gasteiger partial charge is 0.257 e. The molecule has 0 unspecified atom stereocenters. The predicted molar refractivity (Wildman–Crippen MR) is 129 cm³/mol. The SMILES string of the molecule is CCc1nc(SCC(=O)NCCCN2CCOCC2)n(C)c(=O)c1Cc1cccc(Cl)c1. The van der Waals surface area contributed by atoms with Gasteiger partial charge in [0.15, 0.2) is 5.16 Å². The second kappa shape index (κ2) is 12.4. The zero-order valence-electron chi connectivity index (χ0n) is 18.7. The Morgan fingerprint density at radius 3 is 2.81 bits per heavy atom. The number of halogens is 1. The van der Waals surface area contributed by atoms with Crippen LogP contribution >= 0.6 is 23.4 Å². The normalized spacial score (nSPS) is 14.5. The van der Waals surface area contributed by atoms with E-state index < -0.39 is 0 Å². The summed E-state index contributed by atoms with van der Waals surface area (Å²) in [6.07, 6.45) is 2.04. The van der Waals surface area contributed by atoms with Gasteiger partial charge in [-0.2, -0.15) is 0 Å². The number of hydrogen-bond acceptors (Lipinski definition) is 6. The van der Waals surface area contributed by atoms with Crippen molar-refractivity contribution in [2.24, 2.45) is 7.05 Å². The number of carbonyl (C=O) groups excluding carboxylic acids is 1. The maximum Gasteiger partial charge on any atom is 0.257 e. The van der Waals surface area contributed by atoms with Crippen LogP contribution in [0.4, 0.5) is 0 Å². The molecule has 1 N–H and O–H groups in total. The van der Waals surface area contributed by atoms with Crippen LogP contribution in [0.2, 0.25) is 5.02 Å². The maximum absolute atomic E-state index is 13.0. The highest BCUT2D eigenvalue weighted by molar-refractivity contribution is 7.99. The quantitative estimate of drug-likeness (QED) is 0.321. The van der Waals surface area contributed by atoms with Crippen molar-refractivity contribution in [2.75, 3.05) is 45.1 Å². The Morgan fingerprint density at radius 2 is 2.09 bits per heavy atom. The van der Waals surface area contributed by atoms with E-state index in [0.717, 1.165) is 50.5 Å². The fraction of sp³-hybridized carbons (Fsp3) is 0.522. The fourth-order valence-electron chi connectivity index (χ4n) is 3.66. The number of rotatable bonds is 10. The van der Waals surface area contributed by atoms with Crippen LogP contribution in [-0.2, 0) is 29.4 Å². The van der Waals surface area contributed by atoms with Crippen molar-refractivity contribution in [3.63, 3.8) is 0 Å². The van der Waals surface area contributed by atoms with Gasteiger partial charge in [-0.15, -0.1) is 0 Å². The number of aromatic nitrogens is 2. The van der Waals surface area contributed by atoms with E-state index >= 15 is 0 Å². The summed E-state index contributed by atoms with van der Waals surface area (Å²) in [7, 11) is 1.71. The van der Waals surface area contributed by atoms with Gasteiger partial charge in [0.05, 0.1) is 24.7 Å². The Labute approximate surface area is 198 Å². The van der Waals surface area contributed by atoms with Crippen LogP contribution in [0.3, 0.4) is 0 Å². The summed E-state index contributed by atoms with van der Waals surface area (Å²) in [6, 6.07) is 7.52. The van der Waals surface area contributed by atoms with Gasteiger partial charge in [0.1, 0.15) is 0 Å². The molecule has 2 aromatic rings. The van der Waals surface area contributed by atoms with Gasteiger partial charge in [0.25, 0.3) is 5.56 Å². The molecule has 0 saturated carbocycles. The highest BCUT2D eigenvalue weighted by Gasteiger charge is 2.16. The Hall–Kier alpha value is -1.87. The van der Waals surface area contributed by atoms with E-state index in [4.69, 9.17) is 21.3 Å². The minimum atomic E-state index is -0.0785. The molecule has 32 heavy (non-hydrogen) atoms. The lowest BCUT2D eigenvalue weighted by molar-refractivity contribution is -0.118. The van der Waals surface area contributed by atoms with Gasteiger partial charge in [-0.25, -0.2) is 4.98 Å². The van der Waals surface area contributed by atoms with Gasteiger partial charge in [-0.05, 0) is 37.1 Å². The summed E-state index contributed by atoms with van der Waals surface area (Å²) in [4.78, 5) is 32.3. The Morgan fingerprint density at radius 1 is 1.31 bits per heavy atom. The van der Waals surface area contributed by atoms with Gasteiger partial charge < -0.3 is 10.1 Å². The van der Waals surface area contributed by atoms with Gasteiger partial charge >= 0.3 is 0 Å². The molecular formula is C23H31ClN4O3S. The van der Waals surface area contributed by atoms with Gasteiger partial charge in [0, 0.05) is 43.7 Å². The van der Waals surface area contributed by atoms with Crippen molar-refractivity contribution < 1.29 is 9.53 Å². The highest BCUT2D eigenvalue weighted by Crippen LogP contribution is 2.19. The first-order valence-electron chi connectivity index (χ1n) is 11.0. The lowest BCUT2D eigenvalue weighted by atomic mass is 10.0. The molecule has 1 saturated heterocycles. The van der Waals surface area contributed by atoms with Crippen molar-refractivity contribution >= 4 is 29.3 Å². The van der Waals surface area contributed by atoms with Crippen LogP contribution < -0.4 is 10.9 Å². The number of thioether (sulfide) groups is 1. The summed E-state index contributed by atoms with van der Waals surface area (Å²) in [6.45, 7) is 7.06. The molecular weight excluding hydrogens is 448 g/mol. The average Bonchev–Trinajstić information content (AvgIpc) is 2.80. The zero-order chi connectivity index (χ0) is 22.9. The van der Waals surface area contributed by atoms with E-state index in [9.17, 15) is 9.59 Å². The summed E-state index contributed by atoms with van der Waals surface area (Å²) in [5.41, 5.74) is 2.34. The van der Waals surface area contributed by atoms with Crippen LogP contribution in [0, 0.1) is 0 Å². The third-order valence-corrected chi connectivity index (χ3v) is 6.71. The number of nitrogens with zero attached hydrogens (tertiary/aromatic N) is 3. The Kier molecular flexibility index (Phi) is 9.59. The number of carbonyl (C=O) groups is 1. The van der Waals surface area contributed by atoms with Crippen molar-refractivity contribution in [1.29, 1.82) is 0 Å². The third kappa shape index (κ3) is 7.07. The van der Waals surface area contributed by atoms with Crippen LogP contribution in [0.1, 0.15) is 30.2 Å². The molecule has 1 aliphatic rings. The summed E-state index contributed by atoms with van der Waals surface area (Å²) in [5, 5.41) is 4.17. The minimum absolute atomic E-state index is 0.0488. The predicted octanol–water partition coefficient (Wildman–Crippen LogP) is 2.52. The van der Waals surface area contributed by atoms with E-state index in [1.165, 1.54) is 16.3 Å². The largest absolute Gasteiger partial charge is 0.379 e. The van der Waals surface area contributed by atoms with E-state index in [1.807, 2.05) is 31.2 Å². The lowest BCUT2D eigenvalue weighted by Crippen LogP contribution is -2.38. The number of hydrogen-bond donors (Lipinski definition) is 1. The third-order valence-electron chi connectivity index (χ3n) is 5.44. The molecule has 0 bridgehead atoms. The summed E-state index contributed by atoms with van der Waals surface area (Å²) < 4.78 is 6.88. The first-order chi connectivity index (χ1) is 15.5. The molecule has 1 aromatic heterocycles. The Bertz CT molecular complexity index is 976. The van der Waals surface area contributed by atoms with Gasteiger partial charge in [-0.3, -0.25) is 19.1 Å². The molecule has 1 aromatic carbocycles. The van der Waals surface area contributed by atoms with E-state index in [2.05, 4.69) is 10.2 Å². The topological polar surface area (TPSA) is 76.5 Å². The van der Waals surface area contributed by atoms with E-state index in [-0.39, 0.29) is 17.2 Å². The molecule has 0 aliphatic carbocycles. The second-order valence-electron chi connectivity index (χ2n) is 7.79. The number of nitrogens with one attached hydrogen (secondary N) is 1. The molecule has 9 heteroatoms. The summed E-state index contributed by atoms with van der Waals surface area (Å²) in [5.74, 6) is 0.182. The number of benzene rings is 1.